The van der Waals surface area contributed by atoms with Gasteiger partial charge in [0.2, 0.25) is 5.91 Å². The summed E-state index contributed by atoms with van der Waals surface area (Å²) in [6.45, 7) is 2.63. The molecule has 2 fully saturated rings. The summed E-state index contributed by atoms with van der Waals surface area (Å²) < 4.78 is 10.1. The fourth-order valence-electron chi connectivity index (χ4n) is 3.91. The van der Waals surface area contributed by atoms with Gasteiger partial charge in [-0.15, -0.1) is 0 Å². The zero-order valence-corrected chi connectivity index (χ0v) is 14.8. The molecule has 0 saturated carbocycles. The second kappa shape index (κ2) is 6.52. The molecular formula is C20H22N2O4. The second-order valence-electron chi connectivity index (χ2n) is 7.09. The van der Waals surface area contributed by atoms with Crippen molar-refractivity contribution in [2.45, 2.75) is 19.4 Å². The lowest BCUT2D eigenvalue weighted by atomic mass is 9.71. The Morgan fingerprint density at radius 1 is 1.19 bits per heavy atom. The minimum absolute atomic E-state index is 0.0181. The third-order valence-corrected chi connectivity index (χ3v) is 5.54. The molecule has 6 heteroatoms. The number of hydrogen-bond acceptors (Lipinski definition) is 4. The van der Waals surface area contributed by atoms with Crippen molar-refractivity contribution in [2.75, 3.05) is 26.7 Å². The number of benzene rings is 1. The van der Waals surface area contributed by atoms with Gasteiger partial charge in [-0.2, -0.15) is 0 Å². The number of carbonyl (C=O) groups is 2. The molecular weight excluding hydrogens is 332 g/mol. The van der Waals surface area contributed by atoms with Crippen LogP contribution in [0.4, 0.5) is 0 Å². The van der Waals surface area contributed by atoms with Crippen molar-refractivity contribution in [1.82, 2.24) is 9.80 Å². The quantitative estimate of drug-likeness (QED) is 0.792. The van der Waals surface area contributed by atoms with E-state index in [0.29, 0.717) is 25.2 Å². The van der Waals surface area contributed by atoms with Gasteiger partial charge in [0.25, 0.3) is 5.91 Å². The van der Waals surface area contributed by atoms with Gasteiger partial charge in [0.1, 0.15) is 12.0 Å². The maximum Gasteiger partial charge on any atom is 0.257 e. The fraction of sp³-hybridized carbons (Fsp3) is 0.400. The van der Waals surface area contributed by atoms with E-state index in [2.05, 4.69) is 0 Å². The first-order chi connectivity index (χ1) is 12.6. The summed E-state index contributed by atoms with van der Waals surface area (Å²) in [5, 5.41) is 0. The number of furan rings is 1. The first-order valence-corrected chi connectivity index (χ1v) is 8.85. The SMILES string of the molecule is COc1ccc(CN2CC3(CCN(C(=O)c4ccoc4)CC3)C2=O)cc1. The number of nitrogens with zero attached hydrogens (tertiary/aromatic N) is 2. The van der Waals surface area contributed by atoms with Gasteiger partial charge < -0.3 is 19.0 Å². The van der Waals surface area contributed by atoms with Crippen LogP contribution in [0.15, 0.2) is 47.3 Å². The van der Waals surface area contributed by atoms with Gasteiger partial charge in [0.15, 0.2) is 0 Å². The molecule has 4 rings (SSSR count). The molecule has 136 valence electrons. The monoisotopic (exact) mass is 354 g/mol. The largest absolute Gasteiger partial charge is 0.497 e. The molecule has 26 heavy (non-hydrogen) atoms. The van der Waals surface area contributed by atoms with Crippen LogP contribution < -0.4 is 4.74 Å². The first kappa shape index (κ1) is 16.7. The van der Waals surface area contributed by atoms with Crippen LogP contribution in [-0.4, -0.2) is 48.4 Å². The lowest BCUT2D eigenvalue weighted by molar-refractivity contribution is -0.165. The van der Waals surface area contributed by atoms with Crippen molar-refractivity contribution < 1.29 is 18.7 Å². The molecule has 3 heterocycles. The molecule has 1 aromatic carbocycles. The van der Waals surface area contributed by atoms with E-state index in [4.69, 9.17) is 9.15 Å². The van der Waals surface area contributed by atoms with Crippen LogP contribution in [0, 0.1) is 5.41 Å². The number of piperidine rings is 1. The highest BCUT2D eigenvalue weighted by Gasteiger charge is 2.53. The molecule has 0 unspecified atom stereocenters. The predicted octanol–water partition coefficient (Wildman–Crippen LogP) is 2.55. The van der Waals surface area contributed by atoms with Gasteiger partial charge in [-0.3, -0.25) is 9.59 Å². The molecule has 0 aliphatic carbocycles. The Morgan fingerprint density at radius 3 is 2.50 bits per heavy atom. The van der Waals surface area contributed by atoms with Crippen molar-refractivity contribution in [2.24, 2.45) is 5.41 Å². The Kier molecular flexibility index (Phi) is 4.18. The van der Waals surface area contributed by atoms with Crippen LogP contribution in [0.25, 0.3) is 0 Å². The lowest BCUT2D eigenvalue weighted by Gasteiger charge is -2.52. The highest BCUT2D eigenvalue weighted by molar-refractivity contribution is 5.94. The molecule has 1 aromatic heterocycles. The second-order valence-corrected chi connectivity index (χ2v) is 7.09. The third kappa shape index (κ3) is 2.85. The molecule has 0 N–H and O–H groups in total. The molecule has 2 aromatic rings. The number of amides is 2. The maximum absolute atomic E-state index is 12.8. The smallest absolute Gasteiger partial charge is 0.257 e. The van der Waals surface area contributed by atoms with Crippen molar-refractivity contribution in [1.29, 1.82) is 0 Å². The molecule has 0 bridgehead atoms. The summed E-state index contributed by atoms with van der Waals surface area (Å²) in [5.41, 5.74) is 1.39. The lowest BCUT2D eigenvalue weighted by Crippen LogP contribution is -2.64. The Hall–Kier alpha value is -2.76. The number of carbonyl (C=O) groups excluding carboxylic acids is 2. The van der Waals surface area contributed by atoms with Gasteiger partial charge in [0, 0.05) is 26.2 Å². The highest BCUT2D eigenvalue weighted by atomic mass is 16.5. The Labute approximate surface area is 152 Å². The van der Waals surface area contributed by atoms with Gasteiger partial charge in [-0.05, 0) is 36.6 Å². The number of rotatable bonds is 4. The van der Waals surface area contributed by atoms with Crippen molar-refractivity contribution in [3.63, 3.8) is 0 Å². The van der Waals surface area contributed by atoms with Crippen LogP contribution in [0.2, 0.25) is 0 Å². The highest BCUT2D eigenvalue weighted by Crippen LogP contribution is 2.42. The molecule has 2 saturated heterocycles. The number of β-lactam (4-membered cyclic amide) rings is 1. The van der Waals surface area contributed by atoms with Crippen LogP contribution in [0.3, 0.4) is 0 Å². The molecule has 0 atom stereocenters. The topological polar surface area (TPSA) is 63.0 Å². The minimum Gasteiger partial charge on any atom is -0.497 e. The van der Waals surface area contributed by atoms with E-state index in [1.807, 2.05) is 34.1 Å². The Bertz CT molecular complexity index is 790. The molecule has 2 aliphatic heterocycles. The van der Waals surface area contributed by atoms with E-state index >= 15 is 0 Å². The summed E-state index contributed by atoms with van der Waals surface area (Å²) in [7, 11) is 1.64. The zero-order valence-electron chi connectivity index (χ0n) is 14.8. The summed E-state index contributed by atoms with van der Waals surface area (Å²) in [6.07, 6.45) is 4.44. The zero-order chi connectivity index (χ0) is 18.1. The summed E-state index contributed by atoms with van der Waals surface area (Å²) in [6, 6.07) is 9.48. The van der Waals surface area contributed by atoms with Crippen molar-refractivity contribution >= 4 is 11.8 Å². The molecule has 6 nitrogen and oxygen atoms in total. The normalized spacial score (nSPS) is 18.7. The van der Waals surface area contributed by atoms with Crippen molar-refractivity contribution in [3.05, 3.63) is 54.0 Å². The standard InChI is InChI=1S/C20H22N2O4/c1-25-17-4-2-15(3-5-17)12-22-14-20(19(22)24)7-9-21(10-8-20)18(23)16-6-11-26-13-16/h2-6,11,13H,7-10,12,14H2,1H3. The van der Waals surface area contributed by atoms with E-state index in [1.165, 1.54) is 12.5 Å². The summed E-state index contributed by atoms with van der Waals surface area (Å²) in [5.74, 6) is 1.01. The number of methoxy groups -OCH3 is 1. The maximum atomic E-state index is 12.8. The van der Waals surface area contributed by atoms with Crippen molar-refractivity contribution in [3.8, 4) is 5.75 Å². The van der Waals surface area contributed by atoms with E-state index in [1.54, 1.807) is 13.2 Å². The van der Waals surface area contributed by atoms with Crippen LogP contribution >= 0.6 is 0 Å². The average molecular weight is 354 g/mol. The van der Waals surface area contributed by atoms with Gasteiger partial charge in [0.05, 0.1) is 24.4 Å². The van der Waals surface area contributed by atoms with Gasteiger partial charge >= 0.3 is 0 Å². The molecule has 2 aliphatic rings. The molecule has 0 radical (unpaired) electrons. The fourth-order valence-corrected chi connectivity index (χ4v) is 3.91. The predicted molar refractivity (Wildman–Crippen MR) is 94.7 cm³/mol. The van der Waals surface area contributed by atoms with E-state index < -0.39 is 0 Å². The first-order valence-electron chi connectivity index (χ1n) is 8.85. The van der Waals surface area contributed by atoms with Crippen LogP contribution in [0.1, 0.15) is 28.8 Å². The van der Waals surface area contributed by atoms with E-state index in [-0.39, 0.29) is 17.2 Å². The van der Waals surface area contributed by atoms with Gasteiger partial charge in [-0.25, -0.2) is 0 Å². The number of hydrogen-bond donors (Lipinski definition) is 0. The van der Waals surface area contributed by atoms with E-state index in [0.717, 1.165) is 30.7 Å². The summed E-state index contributed by atoms with van der Waals surface area (Å²) >= 11 is 0. The van der Waals surface area contributed by atoms with E-state index in [9.17, 15) is 9.59 Å². The molecule has 2 amide bonds. The van der Waals surface area contributed by atoms with Crippen LogP contribution in [-0.2, 0) is 11.3 Å². The number of likely N-dealkylation sites (tertiary alicyclic amines) is 2. The third-order valence-electron chi connectivity index (χ3n) is 5.54. The average Bonchev–Trinajstić information content (AvgIpc) is 3.23. The van der Waals surface area contributed by atoms with Crippen LogP contribution in [0.5, 0.6) is 5.75 Å². The summed E-state index contributed by atoms with van der Waals surface area (Å²) in [4.78, 5) is 28.8. The Balaban J connectivity index is 1.33. The number of ether oxygens (including phenoxy) is 1. The molecule has 1 spiro atoms. The minimum atomic E-state index is -0.278. The Morgan fingerprint density at radius 2 is 1.92 bits per heavy atom. The van der Waals surface area contributed by atoms with Gasteiger partial charge in [-0.1, -0.05) is 12.1 Å².